The molecule has 3 N–H and O–H groups in total. The molecule has 0 aliphatic rings. The highest BCUT2D eigenvalue weighted by atomic mass is 79.9. The molecule has 0 saturated heterocycles. The summed E-state index contributed by atoms with van der Waals surface area (Å²) in [5, 5.41) is 3.75. The van der Waals surface area contributed by atoms with Crippen LogP contribution >= 0.6 is 27.3 Å². The summed E-state index contributed by atoms with van der Waals surface area (Å²) in [6.07, 6.45) is 1.64. The molecule has 2 heterocycles. The number of hydrogen-bond acceptors (Lipinski definition) is 4. The second kappa shape index (κ2) is 5.22. The quantitative estimate of drug-likeness (QED) is 0.691. The number of fused-ring (bicyclic) bond motifs is 1. The Morgan fingerprint density at radius 3 is 2.85 bits per heavy atom. The summed E-state index contributed by atoms with van der Waals surface area (Å²) in [7, 11) is 0. The topological polar surface area (TPSA) is 68.0 Å². The number of carbonyl (C=O) groups is 1. The van der Waals surface area contributed by atoms with E-state index in [2.05, 4.69) is 26.2 Å². The smallest absolute Gasteiger partial charge is 0.266 e. The Labute approximate surface area is 127 Å². The molecule has 0 atom stereocenters. The zero-order valence-corrected chi connectivity index (χ0v) is 12.7. The van der Waals surface area contributed by atoms with Gasteiger partial charge in [-0.05, 0) is 57.7 Å². The zero-order valence-electron chi connectivity index (χ0n) is 10.3. The van der Waals surface area contributed by atoms with Gasteiger partial charge in [-0.2, -0.15) is 0 Å². The van der Waals surface area contributed by atoms with Crippen molar-refractivity contribution in [2.75, 3.05) is 11.1 Å². The lowest BCUT2D eigenvalue weighted by molar-refractivity contribution is 0.103. The fourth-order valence-corrected chi connectivity index (χ4v) is 2.97. The highest BCUT2D eigenvalue weighted by Crippen LogP contribution is 2.27. The molecule has 0 fully saturated rings. The van der Waals surface area contributed by atoms with Crippen molar-refractivity contribution in [1.29, 1.82) is 0 Å². The number of amides is 1. The first kappa shape index (κ1) is 13.1. The van der Waals surface area contributed by atoms with E-state index in [0.717, 1.165) is 14.6 Å². The summed E-state index contributed by atoms with van der Waals surface area (Å²) in [4.78, 5) is 16.9. The van der Waals surface area contributed by atoms with Crippen LogP contribution < -0.4 is 11.1 Å². The van der Waals surface area contributed by atoms with Crippen molar-refractivity contribution in [3.05, 3.63) is 51.9 Å². The second-order valence-corrected chi connectivity index (χ2v) is 6.22. The largest absolute Gasteiger partial charge is 0.399 e. The molecule has 0 bridgehead atoms. The number of halogens is 1. The van der Waals surface area contributed by atoms with E-state index in [1.807, 2.05) is 30.3 Å². The van der Waals surface area contributed by atoms with Crippen LogP contribution in [0.5, 0.6) is 0 Å². The molecule has 6 heteroatoms. The van der Waals surface area contributed by atoms with Crippen molar-refractivity contribution < 1.29 is 4.79 Å². The van der Waals surface area contributed by atoms with Crippen molar-refractivity contribution in [3.63, 3.8) is 0 Å². The van der Waals surface area contributed by atoms with Gasteiger partial charge in [-0.25, -0.2) is 4.98 Å². The number of aromatic nitrogens is 1. The van der Waals surface area contributed by atoms with Gasteiger partial charge in [-0.1, -0.05) is 0 Å². The van der Waals surface area contributed by atoms with Gasteiger partial charge in [0, 0.05) is 21.1 Å². The third-order valence-corrected chi connectivity index (χ3v) is 4.32. The van der Waals surface area contributed by atoms with E-state index in [1.54, 1.807) is 12.3 Å². The van der Waals surface area contributed by atoms with E-state index < -0.39 is 0 Å². The van der Waals surface area contributed by atoms with Gasteiger partial charge in [0.1, 0.15) is 5.82 Å². The molecule has 3 rings (SSSR count). The zero-order chi connectivity index (χ0) is 14.1. The van der Waals surface area contributed by atoms with Crippen LogP contribution in [0.4, 0.5) is 11.5 Å². The van der Waals surface area contributed by atoms with Gasteiger partial charge in [0.15, 0.2) is 0 Å². The molecule has 1 amide bonds. The molecule has 0 unspecified atom stereocenters. The van der Waals surface area contributed by atoms with E-state index in [4.69, 9.17) is 5.73 Å². The Morgan fingerprint density at radius 2 is 2.10 bits per heavy atom. The molecule has 20 heavy (non-hydrogen) atoms. The maximum atomic E-state index is 12.2. The minimum Gasteiger partial charge on any atom is -0.399 e. The average Bonchev–Trinajstić information content (AvgIpc) is 2.84. The maximum absolute atomic E-state index is 12.2. The summed E-state index contributed by atoms with van der Waals surface area (Å²) in [5.74, 6) is 0.356. The maximum Gasteiger partial charge on any atom is 0.266 e. The third kappa shape index (κ3) is 2.66. The van der Waals surface area contributed by atoms with E-state index in [1.165, 1.54) is 11.3 Å². The number of pyridine rings is 1. The van der Waals surface area contributed by atoms with Crippen LogP contribution in [0.1, 0.15) is 9.67 Å². The molecule has 3 aromatic rings. The van der Waals surface area contributed by atoms with Gasteiger partial charge >= 0.3 is 0 Å². The van der Waals surface area contributed by atoms with Gasteiger partial charge in [-0.15, -0.1) is 11.3 Å². The number of benzene rings is 1. The number of rotatable bonds is 2. The van der Waals surface area contributed by atoms with Crippen molar-refractivity contribution >= 4 is 54.8 Å². The van der Waals surface area contributed by atoms with Crippen LogP contribution in [0.3, 0.4) is 0 Å². The minimum absolute atomic E-state index is 0.167. The third-order valence-electron chi connectivity index (χ3n) is 2.73. The second-order valence-electron chi connectivity index (χ2n) is 4.22. The normalized spacial score (nSPS) is 10.7. The standard InChI is InChI=1S/C14H10BrN3OS/c15-9-1-4-13(17-7-9)18-14(19)12-6-8-5-10(16)2-3-11(8)20-12/h1-7H,16H2,(H,17,18,19). The van der Waals surface area contributed by atoms with Crippen LogP contribution in [-0.2, 0) is 0 Å². The Bertz CT molecular complexity index is 783. The number of carbonyl (C=O) groups excluding carboxylic acids is 1. The lowest BCUT2D eigenvalue weighted by Gasteiger charge is -2.01. The number of thiophene rings is 1. The van der Waals surface area contributed by atoms with E-state index in [-0.39, 0.29) is 5.91 Å². The molecule has 0 spiro atoms. The van der Waals surface area contributed by atoms with Crippen molar-refractivity contribution in [3.8, 4) is 0 Å². The van der Waals surface area contributed by atoms with Gasteiger partial charge < -0.3 is 11.1 Å². The predicted octanol–water partition coefficient (Wildman–Crippen LogP) is 3.89. The Hall–Kier alpha value is -1.92. The van der Waals surface area contributed by atoms with Gasteiger partial charge in [0.05, 0.1) is 4.88 Å². The number of nitrogen functional groups attached to an aromatic ring is 1. The van der Waals surface area contributed by atoms with Crippen LogP contribution in [0.25, 0.3) is 10.1 Å². The molecule has 1 aromatic carbocycles. The van der Waals surface area contributed by atoms with Crippen molar-refractivity contribution in [2.24, 2.45) is 0 Å². The predicted molar refractivity (Wildman–Crippen MR) is 86.1 cm³/mol. The number of anilines is 2. The first-order chi connectivity index (χ1) is 9.61. The van der Waals surface area contributed by atoms with Crippen molar-refractivity contribution in [1.82, 2.24) is 4.98 Å². The Kier molecular flexibility index (Phi) is 3.42. The summed E-state index contributed by atoms with van der Waals surface area (Å²) in [6, 6.07) is 11.0. The summed E-state index contributed by atoms with van der Waals surface area (Å²) < 4.78 is 1.90. The highest BCUT2D eigenvalue weighted by molar-refractivity contribution is 9.10. The molecule has 2 aromatic heterocycles. The Balaban J connectivity index is 1.86. The molecule has 0 saturated carbocycles. The summed E-state index contributed by atoms with van der Waals surface area (Å²) >= 11 is 4.73. The van der Waals surface area contributed by atoms with Gasteiger partial charge in [-0.3, -0.25) is 4.79 Å². The number of hydrogen-bond donors (Lipinski definition) is 2. The molecule has 4 nitrogen and oxygen atoms in total. The fourth-order valence-electron chi connectivity index (χ4n) is 1.80. The fraction of sp³-hybridized carbons (Fsp3) is 0. The molecule has 0 aliphatic heterocycles. The van der Waals surface area contributed by atoms with Crippen LogP contribution in [-0.4, -0.2) is 10.9 Å². The molecule has 100 valence electrons. The molecular formula is C14H10BrN3OS. The van der Waals surface area contributed by atoms with Crippen molar-refractivity contribution in [2.45, 2.75) is 0 Å². The number of nitrogens with one attached hydrogen (secondary N) is 1. The number of nitrogens with zero attached hydrogens (tertiary/aromatic N) is 1. The van der Waals surface area contributed by atoms with Crippen LogP contribution in [0.2, 0.25) is 0 Å². The minimum atomic E-state index is -0.167. The first-order valence-corrected chi connectivity index (χ1v) is 7.45. The lowest BCUT2D eigenvalue weighted by Crippen LogP contribution is -2.10. The van der Waals surface area contributed by atoms with E-state index in [0.29, 0.717) is 16.4 Å². The van der Waals surface area contributed by atoms with E-state index in [9.17, 15) is 4.79 Å². The average molecular weight is 348 g/mol. The highest BCUT2D eigenvalue weighted by Gasteiger charge is 2.11. The van der Waals surface area contributed by atoms with Gasteiger partial charge in [0.25, 0.3) is 5.91 Å². The lowest BCUT2D eigenvalue weighted by atomic mass is 10.2. The molecular weight excluding hydrogens is 338 g/mol. The monoisotopic (exact) mass is 347 g/mol. The number of nitrogens with two attached hydrogens (primary N) is 1. The van der Waals surface area contributed by atoms with E-state index >= 15 is 0 Å². The van der Waals surface area contributed by atoms with Gasteiger partial charge in [0.2, 0.25) is 0 Å². The first-order valence-electron chi connectivity index (χ1n) is 5.84. The molecule has 0 aliphatic carbocycles. The molecule has 0 radical (unpaired) electrons. The summed E-state index contributed by atoms with van der Waals surface area (Å²) in [5.41, 5.74) is 6.43. The SMILES string of the molecule is Nc1ccc2sc(C(=O)Nc3ccc(Br)cn3)cc2c1. The van der Waals surface area contributed by atoms with Crippen LogP contribution in [0.15, 0.2) is 47.1 Å². The van der Waals surface area contributed by atoms with Crippen LogP contribution in [0, 0.1) is 0 Å². The summed E-state index contributed by atoms with van der Waals surface area (Å²) in [6.45, 7) is 0. The Morgan fingerprint density at radius 1 is 1.25 bits per heavy atom.